The summed E-state index contributed by atoms with van der Waals surface area (Å²) in [6.07, 6.45) is 1.27. The van der Waals surface area contributed by atoms with Crippen LogP contribution in [0.2, 0.25) is 0 Å². The van der Waals surface area contributed by atoms with Gasteiger partial charge in [-0.25, -0.2) is 4.98 Å². The first-order valence-electron chi connectivity index (χ1n) is 6.15. The Bertz CT molecular complexity index is 497. The number of nitrogens with zero attached hydrogens (tertiary/aromatic N) is 1. The van der Waals surface area contributed by atoms with E-state index in [9.17, 15) is 5.11 Å². The van der Waals surface area contributed by atoms with E-state index in [0.29, 0.717) is 12.8 Å². The van der Waals surface area contributed by atoms with Crippen LogP contribution < -0.4 is 0 Å². The van der Waals surface area contributed by atoms with Crippen molar-refractivity contribution in [3.05, 3.63) is 51.5 Å². The molecule has 0 bridgehead atoms. The zero-order valence-electron chi connectivity index (χ0n) is 11.1. The number of aliphatic hydroxyl groups is 1. The first-order chi connectivity index (χ1) is 8.46. The molecular weight excluding hydrogens is 242 g/mol. The molecule has 1 atom stereocenters. The van der Waals surface area contributed by atoms with E-state index in [4.69, 9.17) is 0 Å². The Hall–Kier alpha value is -1.19. The van der Waals surface area contributed by atoms with Crippen molar-refractivity contribution in [1.82, 2.24) is 4.98 Å². The second kappa shape index (κ2) is 5.21. The van der Waals surface area contributed by atoms with Gasteiger partial charge < -0.3 is 5.11 Å². The third-order valence-corrected chi connectivity index (χ3v) is 4.11. The van der Waals surface area contributed by atoms with Gasteiger partial charge in [0, 0.05) is 17.7 Å². The maximum Gasteiger partial charge on any atom is 0.0959 e. The first-order valence-corrected chi connectivity index (χ1v) is 6.97. The molecule has 3 heteroatoms. The number of aryl methyl sites for hydroxylation is 2. The lowest BCUT2D eigenvalue weighted by Gasteiger charge is -2.22. The summed E-state index contributed by atoms with van der Waals surface area (Å²) in [6, 6.07) is 10.1. The Morgan fingerprint density at radius 1 is 1.17 bits per heavy atom. The summed E-state index contributed by atoms with van der Waals surface area (Å²) < 4.78 is 0. The largest absolute Gasteiger partial charge is 0.389 e. The number of thiazole rings is 1. The molecule has 18 heavy (non-hydrogen) atoms. The Morgan fingerprint density at radius 3 is 2.39 bits per heavy atom. The lowest BCUT2D eigenvalue weighted by Crippen LogP contribution is -2.30. The van der Waals surface area contributed by atoms with Gasteiger partial charge in [0.2, 0.25) is 0 Å². The molecule has 0 saturated carbocycles. The minimum atomic E-state index is -0.738. The standard InChI is InChI=1S/C15H19NOS/c1-11-12(2)18-14(16-11)10-15(3,17)9-13-7-5-4-6-8-13/h4-8,17H,9-10H2,1-3H3. The van der Waals surface area contributed by atoms with Gasteiger partial charge in [0.05, 0.1) is 16.3 Å². The van der Waals surface area contributed by atoms with Gasteiger partial charge in [-0.1, -0.05) is 30.3 Å². The van der Waals surface area contributed by atoms with Crippen LogP contribution in [0.5, 0.6) is 0 Å². The second-order valence-corrected chi connectivity index (χ2v) is 6.37. The van der Waals surface area contributed by atoms with Crippen molar-refractivity contribution in [2.24, 2.45) is 0 Å². The van der Waals surface area contributed by atoms with E-state index in [-0.39, 0.29) is 0 Å². The zero-order chi connectivity index (χ0) is 13.2. The van der Waals surface area contributed by atoms with E-state index in [0.717, 1.165) is 16.3 Å². The molecule has 0 radical (unpaired) electrons. The highest BCUT2D eigenvalue weighted by Crippen LogP contribution is 2.23. The van der Waals surface area contributed by atoms with E-state index in [1.165, 1.54) is 4.88 Å². The van der Waals surface area contributed by atoms with Crippen molar-refractivity contribution in [2.45, 2.75) is 39.2 Å². The molecule has 0 fully saturated rings. The number of hydrogen-bond acceptors (Lipinski definition) is 3. The quantitative estimate of drug-likeness (QED) is 0.916. The van der Waals surface area contributed by atoms with Crippen LogP contribution in [0.1, 0.15) is 28.1 Å². The lowest BCUT2D eigenvalue weighted by atomic mass is 9.93. The van der Waals surface area contributed by atoms with Crippen molar-refractivity contribution in [1.29, 1.82) is 0 Å². The van der Waals surface area contributed by atoms with Crippen LogP contribution in [0, 0.1) is 13.8 Å². The zero-order valence-corrected chi connectivity index (χ0v) is 11.9. The smallest absolute Gasteiger partial charge is 0.0959 e. The summed E-state index contributed by atoms with van der Waals surface area (Å²) in [4.78, 5) is 5.73. The fraction of sp³-hybridized carbons (Fsp3) is 0.400. The number of rotatable bonds is 4. The minimum absolute atomic E-state index is 0.612. The predicted molar refractivity (Wildman–Crippen MR) is 76.1 cm³/mol. The van der Waals surface area contributed by atoms with Crippen LogP contribution in [0.4, 0.5) is 0 Å². The van der Waals surface area contributed by atoms with Crippen molar-refractivity contribution >= 4 is 11.3 Å². The van der Waals surface area contributed by atoms with Crippen molar-refractivity contribution in [3.63, 3.8) is 0 Å². The molecular formula is C15H19NOS. The average molecular weight is 261 g/mol. The topological polar surface area (TPSA) is 33.1 Å². The SMILES string of the molecule is Cc1nc(CC(C)(O)Cc2ccccc2)sc1C. The van der Waals surface area contributed by atoms with E-state index in [2.05, 4.69) is 11.9 Å². The van der Waals surface area contributed by atoms with Gasteiger partial charge in [0.15, 0.2) is 0 Å². The molecule has 0 spiro atoms. The maximum atomic E-state index is 10.5. The highest BCUT2D eigenvalue weighted by atomic mass is 32.1. The van der Waals surface area contributed by atoms with Crippen LogP contribution in [0.3, 0.4) is 0 Å². The summed E-state index contributed by atoms with van der Waals surface area (Å²) in [5.41, 5.74) is 1.50. The first kappa shape index (κ1) is 13.2. The van der Waals surface area contributed by atoms with Crippen LogP contribution in [0.15, 0.2) is 30.3 Å². The molecule has 1 aromatic carbocycles. The summed E-state index contributed by atoms with van der Waals surface area (Å²) in [5.74, 6) is 0. The predicted octanol–water partition coefficient (Wildman–Crippen LogP) is 3.30. The number of aromatic nitrogens is 1. The minimum Gasteiger partial charge on any atom is -0.389 e. The molecule has 2 rings (SSSR count). The van der Waals surface area contributed by atoms with Gasteiger partial charge in [-0.15, -0.1) is 11.3 Å². The number of benzene rings is 1. The maximum absolute atomic E-state index is 10.5. The van der Waals surface area contributed by atoms with Crippen LogP contribution in [-0.4, -0.2) is 15.7 Å². The lowest BCUT2D eigenvalue weighted by molar-refractivity contribution is 0.0607. The molecule has 1 N–H and O–H groups in total. The van der Waals surface area contributed by atoms with Crippen molar-refractivity contribution < 1.29 is 5.11 Å². The highest BCUT2D eigenvalue weighted by molar-refractivity contribution is 7.11. The van der Waals surface area contributed by atoms with Gasteiger partial charge in [-0.3, -0.25) is 0 Å². The molecule has 1 heterocycles. The fourth-order valence-electron chi connectivity index (χ4n) is 2.04. The molecule has 2 aromatic rings. The summed E-state index contributed by atoms with van der Waals surface area (Å²) in [6.45, 7) is 5.97. The van der Waals surface area contributed by atoms with Crippen LogP contribution >= 0.6 is 11.3 Å². The van der Waals surface area contributed by atoms with Gasteiger partial charge in [0.1, 0.15) is 0 Å². The Kier molecular flexibility index (Phi) is 3.83. The summed E-state index contributed by atoms with van der Waals surface area (Å²) in [7, 11) is 0. The Balaban J connectivity index is 2.07. The normalized spacial score (nSPS) is 14.4. The van der Waals surface area contributed by atoms with Gasteiger partial charge >= 0.3 is 0 Å². The summed E-state index contributed by atoms with van der Waals surface area (Å²) >= 11 is 1.68. The van der Waals surface area contributed by atoms with Crippen molar-refractivity contribution in [3.8, 4) is 0 Å². The average Bonchev–Trinajstić information content (AvgIpc) is 2.57. The van der Waals surface area contributed by atoms with Crippen LogP contribution in [-0.2, 0) is 12.8 Å². The molecule has 0 saturated heterocycles. The molecule has 0 amide bonds. The second-order valence-electron chi connectivity index (χ2n) is 5.09. The molecule has 0 aliphatic carbocycles. The number of hydrogen-bond donors (Lipinski definition) is 1. The monoisotopic (exact) mass is 261 g/mol. The Labute approximate surface area is 112 Å². The third-order valence-electron chi connectivity index (χ3n) is 3.03. The molecule has 0 aliphatic rings. The van der Waals surface area contributed by atoms with Gasteiger partial charge in [-0.05, 0) is 26.3 Å². The van der Waals surface area contributed by atoms with Gasteiger partial charge in [-0.2, -0.15) is 0 Å². The Morgan fingerprint density at radius 2 is 1.83 bits per heavy atom. The molecule has 0 aliphatic heterocycles. The fourth-order valence-corrected chi connectivity index (χ4v) is 3.15. The van der Waals surface area contributed by atoms with E-state index >= 15 is 0 Å². The van der Waals surface area contributed by atoms with Crippen molar-refractivity contribution in [2.75, 3.05) is 0 Å². The third kappa shape index (κ3) is 3.40. The van der Waals surface area contributed by atoms with Crippen LogP contribution in [0.25, 0.3) is 0 Å². The van der Waals surface area contributed by atoms with E-state index < -0.39 is 5.60 Å². The molecule has 1 aromatic heterocycles. The highest BCUT2D eigenvalue weighted by Gasteiger charge is 2.23. The van der Waals surface area contributed by atoms with Gasteiger partial charge in [0.25, 0.3) is 0 Å². The molecule has 1 unspecified atom stereocenters. The molecule has 2 nitrogen and oxygen atoms in total. The van der Waals surface area contributed by atoms with E-state index in [1.807, 2.05) is 44.2 Å². The molecule has 96 valence electrons. The van der Waals surface area contributed by atoms with E-state index in [1.54, 1.807) is 11.3 Å². The summed E-state index contributed by atoms with van der Waals surface area (Å²) in [5, 5.41) is 11.5.